The van der Waals surface area contributed by atoms with Crippen LogP contribution in [0.15, 0.2) is 24.3 Å². The van der Waals surface area contributed by atoms with Gasteiger partial charge in [0.25, 0.3) is 5.91 Å². The van der Waals surface area contributed by atoms with Crippen LogP contribution in [0.5, 0.6) is 0 Å². The van der Waals surface area contributed by atoms with Crippen molar-refractivity contribution < 1.29 is 18.0 Å². The highest BCUT2D eigenvalue weighted by Crippen LogP contribution is 2.20. The van der Waals surface area contributed by atoms with E-state index in [2.05, 4.69) is 10.6 Å². The summed E-state index contributed by atoms with van der Waals surface area (Å²) in [5, 5.41) is 5.55. The smallest absolute Gasteiger partial charge is 0.385 e. The van der Waals surface area contributed by atoms with Gasteiger partial charge in [-0.25, -0.2) is 0 Å². The van der Waals surface area contributed by atoms with Gasteiger partial charge in [0.1, 0.15) is 0 Å². The molecular formula is C13H17F3N2O. The van der Waals surface area contributed by atoms with E-state index in [1.165, 1.54) is 0 Å². The zero-order valence-electron chi connectivity index (χ0n) is 10.7. The lowest BCUT2D eigenvalue weighted by Crippen LogP contribution is -2.25. The number of anilines is 1. The number of carbonyl (C=O) groups is 1. The number of alkyl halides is 3. The van der Waals surface area contributed by atoms with E-state index in [-0.39, 0.29) is 18.9 Å². The highest BCUT2D eigenvalue weighted by atomic mass is 19.4. The van der Waals surface area contributed by atoms with Crippen LogP contribution in [-0.2, 0) is 0 Å². The van der Waals surface area contributed by atoms with E-state index >= 15 is 0 Å². The van der Waals surface area contributed by atoms with Crippen molar-refractivity contribution in [1.82, 2.24) is 5.32 Å². The summed E-state index contributed by atoms with van der Waals surface area (Å²) in [6, 6.07) is 6.79. The highest BCUT2D eigenvalue weighted by Gasteiger charge is 2.25. The van der Waals surface area contributed by atoms with Gasteiger partial charge in [-0.05, 0) is 37.6 Å². The lowest BCUT2D eigenvalue weighted by atomic mass is 10.2. The van der Waals surface area contributed by atoms with Gasteiger partial charge in [0.2, 0.25) is 0 Å². The summed E-state index contributed by atoms with van der Waals surface area (Å²) >= 11 is 0. The lowest BCUT2D eigenvalue weighted by molar-refractivity contribution is -0.135. The molecule has 0 spiro atoms. The van der Waals surface area contributed by atoms with Crippen molar-refractivity contribution in [2.45, 2.75) is 25.9 Å². The average Bonchev–Trinajstić information content (AvgIpc) is 2.34. The third-order valence-electron chi connectivity index (χ3n) is 2.45. The molecule has 0 aliphatic rings. The molecular weight excluding hydrogens is 257 g/mol. The first-order valence-corrected chi connectivity index (χ1v) is 6.11. The minimum atomic E-state index is -4.17. The molecule has 0 unspecified atom stereocenters. The maximum atomic E-state index is 11.9. The van der Waals surface area contributed by atoms with E-state index in [0.29, 0.717) is 5.56 Å². The average molecular weight is 274 g/mol. The fourth-order valence-corrected chi connectivity index (χ4v) is 1.54. The largest absolute Gasteiger partial charge is 0.389 e. The zero-order chi connectivity index (χ0) is 14.3. The Balaban J connectivity index is 2.37. The molecule has 0 saturated heterocycles. The summed E-state index contributed by atoms with van der Waals surface area (Å²) in [5.74, 6) is -0.356. The zero-order valence-corrected chi connectivity index (χ0v) is 10.7. The van der Waals surface area contributed by atoms with Gasteiger partial charge in [-0.15, -0.1) is 0 Å². The Morgan fingerprint density at radius 3 is 2.37 bits per heavy atom. The van der Waals surface area contributed by atoms with Crippen molar-refractivity contribution in [3.05, 3.63) is 29.8 Å². The maximum Gasteiger partial charge on any atom is 0.389 e. The fraction of sp³-hybridized carbons (Fsp3) is 0.462. The molecule has 0 atom stereocenters. The highest BCUT2D eigenvalue weighted by molar-refractivity contribution is 5.94. The molecule has 0 fully saturated rings. The number of carbonyl (C=O) groups excluding carboxylic acids is 1. The summed E-state index contributed by atoms with van der Waals surface area (Å²) < 4.78 is 35.7. The Labute approximate surface area is 110 Å². The number of benzene rings is 1. The molecule has 0 aromatic heterocycles. The van der Waals surface area contributed by atoms with Crippen molar-refractivity contribution >= 4 is 11.6 Å². The van der Waals surface area contributed by atoms with Crippen molar-refractivity contribution in [2.24, 2.45) is 0 Å². The van der Waals surface area contributed by atoms with Gasteiger partial charge in [0.15, 0.2) is 0 Å². The van der Waals surface area contributed by atoms with Crippen LogP contribution in [0.4, 0.5) is 18.9 Å². The minimum Gasteiger partial charge on any atom is -0.385 e. The summed E-state index contributed by atoms with van der Waals surface area (Å²) in [7, 11) is 0. The number of hydrogen-bond donors (Lipinski definition) is 2. The molecule has 106 valence electrons. The van der Waals surface area contributed by atoms with Gasteiger partial charge in [0.05, 0.1) is 0 Å². The molecule has 0 saturated carbocycles. The van der Waals surface area contributed by atoms with Gasteiger partial charge in [-0.3, -0.25) is 4.79 Å². The predicted molar refractivity (Wildman–Crippen MR) is 68.2 cm³/mol. The van der Waals surface area contributed by atoms with E-state index in [1.807, 2.05) is 6.92 Å². The van der Waals surface area contributed by atoms with E-state index in [1.54, 1.807) is 24.3 Å². The summed E-state index contributed by atoms with van der Waals surface area (Å²) in [4.78, 5) is 11.6. The molecule has 1 amide bonds. The maximum absolute atomic E-state index is 11.9. The van der Waals surface area contributed by atoms with Gasteiger partial charge in [0, 0.05) is 30.8 Å². The Kier molecular flexibility index (Phi) is 5.66. The number of halogens is 3. The molecule has 6 heteroatoms. The molecule has 2 N–H and O–H groups in total. The second-order valence-corrected chi connectivity index (χ2v) is 4.08. The molecule has 0 aliphatic carbocycles. The molecule has 0 radical (unpaired) electrons. The topological polar surface area (TPSA) is 41.1 Å². The number of hydrogen-bond acceptors (Lipinski definition) is 2. The van der Waals surface area contributed by atoms with Crippen LogP contribution in [0.2, 0.25) is 0 Å². The Bertz CT molecular complexity index is 401. The third kappa shape index (κ3) is 6.13. The van der Waals surface area contributed by atoms with Crippen molar-refractivity contribution in [3.8, 4) is 0 Å². The second kappa shape index (κ2) is 7.01. The van der Waals surface area contributed by atoms with Crippen molar-refractivity contribution in [1.29, 1.82) is 0 Å². The molecule has 0 heterocycles. The second-order valence-electron chi connectivity index (χ2n) is 4.08. The first-order chi connectivity index (χ1) is 8.92. The SMILES string of the molecule is CCNc1ccc(C(=O)NCCCC(F)(F)F)cc1. The normalized spacial score (nSPS) is 11.2. The van der Waals surface area contributed by atoms with Crippen LogP contribution in [-0.4, -0.2) is 25.2 Å². The van der Waals surface area contributed by atoms with Gasteiger partial charge in [-0.1, -0.05) is 0 Å². The van der Waals surface area contributed by atoms with Gasteiger partial charge >= 0.3 is 6.18 Å². The van der Waals surface area contributed by atoms with Crippen LogP contribution in [0.1, 0.15) is 30.1 Å². The molecule has 3 nitrogen and oxygen atoms in total. The van der Waals surface area contributed by atoms with E-state index in [4.69, 9.17) is 0 Å². The lowest BCUT2D eigenvalue weighted by Gasteiger charge is -2.08. The molecule has 1 aromatic carbocycles. The van der Waals surface area contributed by atoms with Crippen LogP contribution < -0.4 is 10.6 Å². The van der Waals surface area contributed by atoms with Gasteiger partial charge in [-0.2, -0.15) is 13.2 Å². The first kappa shape index (κ1) is 15.3. The summed E-state index contributed by atoms with van der Waals surface area (Å²) in [6.07, 6.45) is -5.16. The quantitative estimate of drug-likeness (QED) is 0.782. The predicted octanol–water partition coefficient (Wildman–Crippen LogP) is 3.19. The fourth-order valence-electron chi connectivity index (χ4n) is 1.54. The number of rotatable bonds is 6. The third-order valence-corrected chi connectivity index (χ3v) is 2.45. The van der Waals surface area contributed by atoms with Crippen molar-refractivity contribution in [2.75, 3.05) is 18.4 Å². The Morgan fingerprint density at radius 1 is 1.21 bits per heavy atom. The van der Waals surface area contributed by atoms with Gasteiger partial charge < -0.3 is 10.6 Å². The van der Waals surface area contributed by atoms with Crippen LogP contribution >= 0.6 is 0 Å². The van der Waals surface area contributed by atoms with Crippen molar-refractivity contribution in [3.63, 3.8) is 0 Å². The summed E-state index contributed by atoms with van der Waals surface area (Å²) in [5.41, 5.74) is 1.34. The van der Waals surface area contributed by atoms with Crippen LogP contribution in [0.3, 0.4) is 0 Å². The van der Waals surface area contributed by atoms with Crippen LogP contribution in [0, 0.1) is 0 Å². The monoisotopic (exact) mass is 274 g/mol. The standard InChI is InChI=1S/C13H17F3N2O/c1-2-17-11-6-4-10(5-7-11)12(19)18-9-3-8-13(14,15)16/h4-7,17H,2-3,8-9H2,1H3,(H,18,19). The van der Waals surface area contributed by atoms with E-state index < -0.39 is 12.6 Å². The van der Waals surface area contributed by atoms with Crippen LogP contribution in [0.25, 0.3) is 0 Å². The first-order valence-electron chi connectivity index (χ1n) is 6.11. The van der Waals surface area contributed by atoms with E-state index in [9.17, 15) is 18.0 Å². The molecule has 1 aromatic rings. The number of nitrogens with one attached hydrogen (secondary N) is 2. The summed E-state index contributed by atoms with van der Waals surface area (Å²) in [6.45, 7) is 2.76. The molecule has 0 aliphatic heterocycles. The molecule has 1 rings (SSSR count). The van der Waals surface area contributed by atoms with E-state index in [0.717, 1.165) is 12.2 Å². The molecule has 0 bridgehead atoms. The Hall–Kier alpha value is -1.72. The molecule has 19 heavy (non-hydrogen) atoms. The Morgan fingerprint density at radius 2 is 1.84 bits per heavy atom. The number of amides is 1. The minimum absolute atomic E-state index is 0.0211.